The molecule has 32 heavy (non-hydrogen) atoms. The fourth-order valence-corrected chi connectivity index (χ4v) is 5.20. The van der Waals surface area contributed by atoms with Crippen LogP contribution in [0.3, 0.4) is 0 Å². The lowest BCUT2D eigenvalue weighted by molar-refractivity contribution is 0.0235. The molecular formula is C25H40N2O4Si. The summed E-state index contributed by atoms with van der Waals surface area (Å²) >= 11 is 0. The van der Waals surface area contributed by atoms with Crippen molar-refractivity contribution in [3.8, 4) is 5.88 Å². The molecule has 1 aromatic rings. The SMILES string of the molecule is COc1cc(CCO[Si](C)(C)C(C)(C)C)c(C2=C[C@@H]3CC[C@H]2N3C(=O)OC(C)(C)C)cn1. The Balaban J connectivity index is 1.81. The maximum atomic E-state index is 12.9. The van der Waals surface area contributed by atoms with Gasteiger partial charge in [0.1, 0.15) is 5.60 Å². The van der Waals surface area contributed by atoms with Crippen LogP contribution in [0, 0.1) is 0 Å². The number of amides is 1. The lowest BCUT2D eigenvalue weighted by atomic mass is 9.91. The Hall–Kier alpha value is -1.86. The van der Waals surface area contributed by atoms with E-state index in [0.717, 1.165) is 30.4 Å². The van der Waals surface area contributed by atoms with Crippen LogP contribution in [0.1, 0.15) is 65.5 Å². The number of carbonyl (C=O) groups is 1. The zero-order valence-corrected chi connectivity index (χ0v) is 22.2. The lowest BCUT2D eigenvalue weighted by Gasteiger charge is -2.36. The topological polar surface area (TPSA) is 60.9 Å². The molecule has 0 N–H and O–H groups in total. The zero-order chi connectivity index (χ0) is 23.9. The van der Waals surface area contributed by atoms with Crippen LogP contribution in [-0.4, -0.2) is 55.7 Å². The molecule has 178 valence electrons. The van der Waals surface area contributed by atoms with Gasteiger partial charge in [0.15, 0.2) is 8.32 Å². The first-order valence-electron chi connectivity index (χ1n) is 11.6. The number of carbonyl (C=O) groups excluding carboxylic acids is 1. The summed E-state index contributed by atoms with van der Waals surface area (Å²) in [6, 6.07) is 2.13. The summed E-state index contributed by atoms with van der Waals surface area (Å²) in [5.74, 6) is 0.601. The molecule has 0 unspecified atom stereocenters. The highest BCUT2D eigenvalue weighted by Gasteiger charge is 2.45. The van der Waals surface area contributed by atoms with E-state index in [2.05, 4.69) is 44.9 Å². The third kappa shape index (κ3) is 5.20. The average Bonchev–Trinajstić information content (AvgIpc) is 3.23. The molecule has 2 aliphatic heterocycles. The highest BCUT2D eigenvalue weighted by atomic mass is 28.4. The van der Waals surface area contributed by atoms with E-state index in [1.807, 2.05) is 37.9 Å². The van der Waals surface area contributed by atoms with Gasteiger partial charge in [-0.15, -0.1) is 0 Å². The number of hydrogen-bond donors (Lipinski definition) is 0. The molecule has 3 rings (SSSR count). The standard InChI is InChI=1S/C25H40N2O4Si/c1-24(2,3)31-23(28)27-18-10-11-21(27)19(15-18)20-16-26-22(29-7)14-17(20)12-13-30-32(8,9)25(4,5)6/h14-16,18,21H,10-13H2,1-9H3/t18-,21+/m0/s1. The number of hydrogen-bond acceptors (Lipinski definition) is 5. The molecule has 0 aromatic carbocycles. The Bertz CT molecular complexity index is 883. The Morgan fingerprint density at radius 3 is 2.47 bits per heavy atom. The number of fused-ring (bicyclic) bond motifs is 2. The molecule has 0 aliphatic carbocycles. The second kappa shape index (κ2) is 8.82. The van der Waals surface area contributed by atoms with Gasteiger partial charge in [-0.1, -0.05) is 26.8 Å². The van der Waals surface area contributed by atoms with Crippen LogP contribution >= 0.6 is 0 Å². The molecule has 1 amide bonds. The minimum atomic E-state index is -1.82. The van der Waals surface area contributed by atoms with Crippen LogP contribution in [-0.2, 0) is 15.6 Å². The highest BCUT2D eigenvalue weighted by molar-refractivity contribution is 6.74. The summed E-state index contributed by atoms with van der Waals surface area (Å²) in [7, 11) is -0.185. The first-order valence-corrected chi connectivity index (χ1v) is 14.5. The van der Waals surface area contributed by atoms with Crippen molar-refractivity contribution in [3.05, 3.63) is 29.5 Å². The lowest BCUT2D eigenvalue weighted by Crippen LogP contribution is -2.41. The summed E-state index contributed by atoms with van der Waals surface area (Å²) in [5, 5.41) is 0.173. The Morgan fingerprint density at radius 2 is 1.88 bits per heavy atom. The quantitative estimate of drug-likeness (QED) is 0.501. The Kier molecular flexibility index (Phi) is 6.83. The summed E-state index contributed by atoms with van der Waals surface area (Å²) < 4.78 is 17.5. The van der Waals surface area contributed by atoms with Gasteiger partial charge in [0.05, 0.1) is 19.2 Å². The number of methoxy groups -OCH3 is 1. The van der Waals surface area contributed by atoms with Crippen LogP contribution < -0.4 is 4.74 Å². The van der Waals surface area contributed by atoms with Crippen molar-refractivity contribution in [2.75, 3.05) is 13.7 Å². The van der Waals surface area contributed by atoms with Gasteiger partial charge in [-0.05, 0) is 69.3 Å². The second-order valence-electron chi connectivity index (χ2n) is 11.4. The molecule has 1 saturated heterocycles. The van der Waals surface area contributed by atoms with E-state index in [0.29, 0.717) is 12.5 Å². The van der Waals surface area contributed by atoms with Crippen LogP contribution in [0.4, 0.5) is 4.79 Å². The van der Waals surface area contributed by atoms with Gasteiger partial charge in [-0.25, -0.2) is 9.78 Å². The van der Waals surface area contributed by atoms with Crippen molar-refractivity contribution in [1.29, 1.82) is 0 Å². The van der Waals surface area contributed by atoms with Crippen molar-refractivity contribution in [3.63, 3.8) is 0 Å². The molecule has 2 bridgehead atoms. The van der Waals surface area contributed by atoms with E-state index in [-0.39, 0.29) is 23.2 Å². The predicted molar refractivity (Wildman–Crippen MR) is 131 cm³/mol. The molecule has 0 saturated carbocycles. The van der Waals surface area contributed by atoms with Crippen LogP contribution in [0.25, 0.3) is 5.57 Å². The number of pyridine rings is 1. The van der Waals surface area contributed by atoms with Crippen LogP contribution in [0.15, 0.2) is 18.3 Å². The van der Waals surface area contributed by atoms with E-state index in [9.17, 15) is 4.79 Å². The van der Waals surface area contributed by atoms with E-state index < -0.39 is 13.9 Å². The van der Waals surface area contributed by atoms with Gasteiger partial charge in [0.25, 0.3) is 0 Å². The second-order valence-corrected chi connectivity index (χ2v) is 16.2. The Labute approximate surface area is 194 Å². The maximum Gasteiger partial charge on any atom is 0.411 e. The zero-order valence-electron chi connectivity index (χ0n) is 21.2. The normalized spacial score (nSPS) is 21.0. The van der Waals surface area contributed by atoms with Gasteiger partial charge in [-0.3, -0.25) is 4.90 Å². The van der Waals surface area contributed by atoms with Gasteiger partial charge < -0.3 is 13.9 Å². The molecule has 1 fully saturated rings. The van der Waals surface area contributed by atoms with Gasteiger partial charge >= 0.3 is 6.09 Å². The third-order valence-corrected chi connectivity index (χ3v) is 11.4. The maximum absolute atomic E-state index is 12.9. The van der Waals surface area contributed by atoms with E-state index in [4.69, 9.17) is 13.9 Å². The highest BCUT2D eigenvalue weighted by Crippen LogP contribution is 2.44. The van der Waals surface area contributed by atoms with Crippen molar-refractivity contribution >= 4 is 20.0 Å². The molecule has 6 nitrogen and oxygen atoms in total. The molecule has 1 aromatic heterocycles. The number of nitrogens with zero attached hydrogens (tertiary/aromatic N) is 2. The summed E-state index contributed by atoms with van der Waals surface area (Å²) in [5.41, 5.74) is 2.90. The first-order chi connectivity index (χ1) is 14.7. The monoisotopic (exact) mass is 460 g/mol. The largest absolute Gasteiger partial charge is 0.481 e. The van der Waals surface area contributed by atoms with E-state index >= 15 is 0 Å². The number of ether oxygens (including phenoxy) is 2. The first kappa shape index (κ1) is 24.8. The minimum absolute atomic E-state index is 0.0325. The molecule has 2 aliphatic rings. The predicted octanol–water partition coefficient (Wildman–Crippen LogP) is 5.82. The molecular weight excluding hydrogens is 420 g/mol. The van der Waals surface area contributed by atoms with Gasteiger partial charge in [0, 0.05) is 24.4 Å². The smallest absolute Gasteiger partial charge is 0.411 e. The summed E-state index contributed by atoms with van der Waals surface area (Å²) in [4.78, 5) is 19.3. The molecule has 3 heterocycles. The molecule has 0 spiro atoms. The minimum Gasteiger partial charge on any atom is -0.481 e. The Morgan fingerprint density at radius 1 is 1.19 bits per heavy atom. The average molecular weight is 461 g/mol. The number of aromatic nitrogens is 1. The van der Waals surface area contributed by atoms with Gasteiger partial charge in [0.2, 0.25) is 5.88 Å². The number of rotatable bonds is 6. The molecule has 0 radical (unpaired) electrons. The van der Waals surface area contributed by atoms with Crippen molar-refractivity contribution in [2.24, 2.45) is 0 Å². The van der Waals surface area contributed by atoms with Crippen molar-refractivity contribution < 1.29 is 18.7 Å². The fourth-order valence-electron chi connectivity index (χ4n) is 4.16. The van der Waals surface area contributed by atoms with Crippen LogP contribution in [0.2, 0.25) is 18.1 Å². The van der Waals surface area contributed by atoms with E-state index in [1.165, 1.54) is 5.57 Å². The molecule has 7 heteroatoms. The summed E-state index contributed by atoms with van der Waals surface area (Å²) in [6.45, 7) is 17.7. The third-order valence-electron chi connectivity index (χ3n) is 6.89. The molecule has 2 atom stereocenters. The van der Waals surface area contributed by atoms with Crippen molar-refractivity contribution in [1.82, 2.24) is 9.88 Å². The fraction of sp³-hybridized carbons (Fsp3) is 0.680. The van der Waals surface area contributed by atoms with E-state index in [1.54, 1.807) is 7.11 Å². The van der Waals surface area contributed by atoms with Gasteiger partial charge in [-0.2, -0.15) is 0 Å². The van der Waals surface area contributed by atoms with Crippen molar-refractivity contribution in [2.45, 2.75) is 96.6 Å². The van der Waals surface area contributed by atoms with Crippen LogP contribution in [0.5, 0.6) is 5.88 Å². The summed E-state index contributed by atoms with van der Waals surface area (Å²) in [6.07, 6.45) is 6.57.